The standard InChI is InChI=1S/C20H18FN3O3/c1-11-3-5-16(15(21)7-11)23-20(26)13-8-19(25)24(10-13)14-4-6-18-17(9-14)22-12(2)27-18/h3-7,9,13H,8,10H2,1-2H3,(H,23,26)/t13-/m0/s1. The van der Waals surface area contributed by atoms with Crippen molar-refractivity contribution >= 4 is 34.3 Å². The highest BCUT2D eigenvalue weighted by molar-refractivity contribution is 6.04. The van der Waals surface area contributed by atoms with E-state index in [-0.39, 0.29) is 30.5 Å². The number of aryl methyl sites for hydroxylation is 2. The number of nitrogens with zero attached hydrogens (tertiary/aromatic N) is 2. The van der Waals surface area contributed by atoms with Gasteiger partial charge in [0.2, 0.25) is 11.8 Å². The second kappa shape index (κ2) is 6.50. The van der Waals surface area contributed by atoms with Gasteiger partial charge in [0.1, 0.15) is 11.3 Å². The Hall–Kier alpha value is -3.22. The average molecular weight is 367 g/mol. The lowest BCUT2D eigenvalue weighted by Crippen LogP contribution is -2.28. The molecule has 7 heteroatoms. The maximum atomic E-state index is 14.0. The number of carbonyl (C=O) groups is 2. The summed E-state index contributed by atoms with van der Waals surface area (Å²) in [5.41, 5.74) is 2.86. The predicted octanol–water partition coefficient (Wildman–Crippen LogP) is 3.58. The van der Waals surface area contributed by atoms with Crippen molar-refractivity contribution < 1.29 is 18.4 Å². The Morgan fingerprint density at radius 2 is 2.07 bits per heavy atom. The van der Waals surface area contributed by atoms with E-state index in [9.17, 15) is 14.0 Å². The van der Waals surface area contributed by atoms with Crippen molar-refractivity contribution in [3.05, 3.63) is 53.7 Å². The van der Waals surface area contributed by atoms with Crippen LogP contribution in [0.3, 0.4) is 0 Å². The number of carbonyl (C=O) groups excluding carboxylic acids is 2. The van der Waals surface area contributed by atoms with Crippen LogP contribution in [0.25, 0.3) is 11.1 Å². The smallest absolute Gasteiger partial charge is 0.229 e. The summed E-state index contributed by atoms with van der Waals surface area (Å²) in [5.74, 6) is -1.01. The minimum Gasteiger partial charge on any atom is -0.441 e. The highest BCUT2D eigenvalue weighted by Crippen LogP contribution is 2.29. The summed E-state index contributed by atoms with van der Waals surface area (Å²) in [4.78, 5) is 30.8. The number of nitrogens with one attached hydrogen (secondary N) is 1. The molecule has 0 radical (unpaired) electrons. The quantitative estimate of drug-likeness (QED) is 0.768. The molecule has 1 fully saturated rings. The molecule has 0 bridgehead atoms. The highest BCUT2D eigenvalue weighted by Gasteiger charge is 2.35. The normalized spacial score (nSPS) is 16.9. The summed E-state index contributed by atoms with van der Waals surface area (Å²) in [5, 5.41) is 2.58. The summed E-state index contributed by atoms with van der Waals surface area (Å²) in [6.07, 6.45) is 0.0786. The van der Waals surface area contributed by atoms with Crippen LogP contribution in [-0.4, -0.2) is 23.3 Å². The SMILES string of the molecule is Cc1ccc(NC(=O)[C@H]2CC(=O)N(c3ccc4oc(C)nc4c3)C2)c(F)c1. The number of halogens is 1. The molecule has 1 aliphatic heterocycles. The van der Waals surface area contributed by atoms with Crippen LogP contribution in [0, 0.1) is 25.6 Å². The van der Waals surface area contributed by atoms with E-state index in [1.807, 2.05) is 0 Å². The summed E-state index contributed by atoms with van der Waals surface area (Å²) >= 11 is 0. The van der Waals surface area contributed by atoms with Gasteiger partial charge in [-0.2, -0.15) is 0 Å². The van der Waals surface area contributed by atoms with Crippen molar-refractivity contribution in [1.29, 1.82) is 0 Å². The molecule has 0 unspecified atom stereocenters. The van der Waals surface area contributed by atoms with E-state index in [0.29, 0.717) is 22.7 Å². The van der Waals surface area contributed by atoms with Crippen LogP contribution < -0.4 is 10.2 Å². The molecule has 1 atom stereocenters. The van der Waals surface area contributed by atoms with Crippen LogP contribution in [0.5, 0.6) is 0 Å². The van der Waals surface area contributed by atoms with E-state index < -0.39 is 11.7 Å². The van der Waals surface area contributed by atoms with Gasteiger partial charge in [-0.1, -0.05) is 6.07 Å². The molecule has 0 spiro atoms. The number of amides is 2. The molecule has 0 aliphatic carbocycles. The fourth-order valence-electron chi connectivity index (χ4n) is 3.29. The van der Waals surface area contributed by atoms with Gasteiger partial charge in [-0.05, 0) is 42.8 Å². The van der Waals surface area contributed by atoms with Crippen molar-refractivity contribution in [1.82, 2.24) is 4.98 Å². The fourth-order valence-corrected chi connectivity index (χ4v) is 3.29. The third kappa shape index (κ3) is 3.28. The summed E-state index contributed by atoms with van der Waals surface area (Å²) in [7, 11) is 0. The molecule has 2 amide bonds. The minimum absolute atomic E-state index is 0.0786. The molecule has 3 aromatic rings. The van der Waals surface area contributed by atoms with Crippen molar-refractivity contribution in [2.75, 3.05) is 16.8 Å². The van der Waals surface area contributed by atoms with E-state index in [1.165, 1.54) is 12.1 Å². The lowest BCUT2D eigenvalue weighted by molar-refractivity contribution is -0.122. The van der Waals surface area contributed by atoms with Crippen LogP contribution in [-0.2, 0) is 9.59 Å². The maximum absolute atomic E-state index is 14.0. The molecule has 1 aromatic heterocycles. The van der Waals surface area contributed by atoms with E-state index in [0.717, 1.165) is 5.56 Å². The molecule has 0 saturated carbocycles. The van der Waals surface area contributed by atoms with Crippen molar-refractivity contribution in [3.8, 4) is 0 Å². The Morgan fingerprint density at radius 1 is 1.26 bits per heavy atom. The van der Waals surface area contributed by atoms with Gasteiger partial charge in [-0.25, -0.2) is 9.37 Å². The number of benzene rings is 2. The zero-order chi connectivity index (χ0) is 19.1. The lowest BCUT2D eigenvalue weighted by atomic mass is 10.1. The Balaban J connectivity index is 1.51. The Morgan fingerprint density at radius 3 is 2.85 bits per heavy atom. The molecular formula is C20H18FN3O3. The summed E-state index contributed by atoms with van der Waals surface area (Å²) < 4.78 is 19.4. The highest BCUT2D eigenvalue weighted by atomic mass is 19.1. The Kier molecular flexibility index (Phi) is 4.14. The second-order valence-electron chi connectivity index (χ2n) is 6.76. The number of rotatable bonds is 3. The van der Waals surface area contributed by atoms with Gasteiger partial charge in [0.05, 0.1) is 11.6 Å². The molecule has 1 aliphatic rings. The second-order valence-corrected chi connectivity index (χ2v) is 6.76. The third-order valence-electron chi connectivity index (χ3n) is 4.67. The van der Waals surface area contributed by atoms with Gasteiger partial charge >= 0.3 is 0 Å². The van der Waals surface area contributed by atoms with E-state index in [4.69, 9.17) is 4.42 Å². The zero-order valence-electron chi connectivity index (χ0n) is 15.0. The molecule has 1 N–H and O–H groups in total. The monoisotopic (exact) mass is 367 g/mol. The Bertz CT molecular complexity index is 1060. The van der Waals surface area contributed by atoms with Crippen LogP contribution in [0.4, 0.5) is 15.8 Å². The number of aromatic nitrogens is 1. The first-order chi connectivity index (χ1) is 12.9. The molecule has 4 rings (SSSR count). The van der Waals surface area contributed by atoms with Gasteiger partial charge in [-0.3, -0.25) is 9.59 Å². The zero-order valence-corrected chi connectivity index (χ0v) is 15.0. The number of anilines is 2. The average Bonchev–Trinajstić information content (AvgIpc) is 3.18. The van der Waals surface area contributed by atoms with Crippen molar-refractivity contribution in [2.45, 2.75) is 20.3 Å². The van der Waals surface area contributed by atoms with Gasteiger partial charge in [0.15, 0.2) is 11.5 Å². The molecule has 1 saturated heterocycles. The largest absolute Gasteiger partial charge is 0.441 e. The number of fused-ring (bicyclic) bond motifs is 1. The first-order valence-electron chi connectivity index (χ1n) is 8.65. The predicted molar refractivity (Wildman–Crippen MR) is 99.0 cm³/mol. The topological polar surface area (TPSA) is 75.4 Å². The van der Waals surface area contributed by atoms with Gasteiger partial charge < -0.3 is 14.6 Å². The van der Waals surface area contributed by atoms with Crippen LogP contribution in [0.1, 0.15) is 17.9 Å². The summed E-state index contributed by atoms with van der Waals surface area (Å²) in [6.45, 7) is 3.77. The fraction of sp³-hybridized carbons (Fsp3) is 0.250. The third-order valence-corrected chi connectivity index (χ3v) is 4.67. The molecule has 6 nitrogen and oxygen atoms in total. The van der Waals surface area contributed by atoms with Gasteiger partial charge in [0.25, 0.3) is 0 Å². The molecule has 2 heterocycles. The van der Waals surface area contributed by atoms with Crippen molar-refractivity contribution in [2.24, 2.45) is 5.92 Å². The Labute approximate surface area is 155 Å². The molecule has 138 valence electrons. The summed E-state index contributed by atoms with van der Waals surface area (Å²) in [6, 6.07) is 9.90. The molecule has 27 heavy (non-hydrogen) atoms. The molecule has 2 aromatic carbocycles. The molecular weight excluding hydrogens is 349 g/mol. The lowest BCUT2D eigenvalue weighted by Gasteiger charge is -2.16. The number of hydrogen-bond donors (Lipinski definition) is 1. The van der Waals surface area contributed by atoms with Crippen LogP contribution >= 0.6 is 0 Å². The van der Waals surface area contributed by atoms with Gasteiger partial charge in [0, 0.05) is 25.6 Å². The van der Waals surface area contributed by atoms with E-state index >= 15 is 0 Å². The number of oxazole rings is 1. The number of hydrogen-bond acceptors (Lipinski definition) is 4. The van der Waals surface area contributed by atoms with Crippen LogP contribution in [0.2, 0.25) is 0 Å². The first-order valence-corrected chi connectivity index (χ1v) is 8.65. The van der Waals surface area contributed by atoms with E-state index in [1.54, 1.807) is 43.0 Å². The first kappa shape index (κ1) is 17.2. The maximum Gasteiger partial charge on any atom is 0.229 e. The van der Waals surface area contributed by atoms with Crippen molar-refractivity contribution in [3.63, 3.8) is 0 Å². The van der Waals surface area contributed by atoms with Gasteiger partial charge in [-0.15, -0.1) is 0 Å². The van der Waals surface area contributed by atoms with E-state index in [2.05, 4.69) is 10.3 Å². The van der Waals surface area contributed by atoms with Crippen LogP contribution in [0.15, 0.2) is 40.8 Å². The minimum atomic E-state index is -0.548.